The van der Waals surface area contributed by atoms with Gasteiger partial charge in [-0.15, -0.1) is 0 Å². The lowest BCUT2D eigenvalue weighted by Crippen LogP contribution is -2.55. The fourth-order valence-corrected chi connectivity index (χ4v) is 6.11. The normalized spacial score (nSPS) is 29.2. The SMILES string of the molecule is Cc1cccc(OC(C)C(=O)NNC(=O)CNC(=O)C23CC4CC(CC(C4)C2)C3)c1C. The van der Waals surface area contributed by atoms with Gasteiger partial charge in [-0.25, -0.2) is 0 Å². The van der Waals surface area contributed by atoms with Crippen LogP contribution in [0.2, 0.25) is 0 Å². The highest BCUT2D eigenvalue weighted by molar-refractivity contribution is 5.89. The molecular formula is C24H33N3O4. The number of hydrazine groups is 1. The molecule has 31 heavy (non-hydrogen) atoms. The van der Waals surface area contributed by atoms with Crippen molar-refractivity contribution in [3.8, 4) is 5.75 Å². The number of carbonyl (C=O) groups is 3. The van der Waals surface area contributed by atoms with Gasteiger partial charge < -0.3 is 10.1 Å². The zero-order chi connectivity index (χ0) is 22.2. The first-order chi connectivity index (χ1) is 14.8. The van der Waals surface area contributed by atoms with Gasteiger partial charge in [-0.3, -0.25) is 25.2 Å². The van der Waals surface area contributed by atoms with Crippen molar-refractivity contribution >= 4 is 17.7 Å². The molecule has 0 radical (unpaired) electrons. The Hall–Kier alpha value is -2.57. The molecule has 7 nitrogen and oxygen atoms in total. The average molecular weight is 428 g/mol. The first-order valence-corrected chi connectivity index (χ1v) is 11.4. The van der Waals surface area contributed by atoms with E-state index >= 15 is 0 Å². The first kappa shape index (κ1) is 21.7. The summed E-state index contributed by atoms with van der Waals surface area (Å²) in [6.45, 7) is 5.39. The second-order valence-corrected chi connectivity index (χ2v) is 9.88. The standard InChI is InChI=1S/C24H33N3O4/c1-14-5-4-6-20(15(14)2)31-16(3)22(29)27-26-21(28)13-25-23(30)24-10-17-7-18(11-24)9-19(8-17)12-24/h4-6,16-19H,7-13H2,1-3H3,(H,25,30)(H,26,28)(H,27,29). The monoisotopic (exact) mass is 427 g/mol. The average Bonchev–Trinajstić information content (AvgIpc) is 2.72. The van der Waals surface area contributed by atoms with Gasteiger partial charge in [0.05, 0.1) is 6.54 Å². The number of ether oxygens (including phenoxy) is 1. The van der Waals surface area contributed by atoms with E-state index in [1.54, 1.807) is 6.92 Å². The Balaban J connectivity index is 1.22. The van der Waals surface area contributed by atoms with Crippen molar-refractivity contribution in [1.29, 1.82) is 0 Å². The van der Waals surface area contributed by atoms with E-state index in [1.807, 2.05) is 32.0 Å². The molecule has 0 aliphatic heterocycles. The molecule has 3 N–H and O–H groups in total. The van der Waals surface area contributed by atoms with Crippen LogP contribution in [0.25, 0.3) is 0 Å². The highest BCUT2D eigenvalue weighted by Gasteiger charge is 2.54. The second-order valence-electron chi connectivity index (χ2n) is 9.88. The lowest BCUT2D eigenvalue weighted by atomic mass is 9.49. The highest BCUT2D eigenvalue weighted by atomic mass is 16.5. The van der Waals surface area contributed by atoms with E-state index in [4.69, 9.17) is 4.74 Å². The van der Waals surface area contributed by atoms with Gasteiger partial charge in [-0.05, 0) is 94.2 Å². The molecule has 1 aromatic rings. The van der Waals surface area contributed by atoms with Gasteiger partial charge in [0.2, 0.25) is 5.91 Å². The molecule has 4 aliphatic rings. The molecule has 4 saturated carbocycles. The van der Waals surface area contributed by atoms with Crippen LogP contribution in [0, 0.1) is 37.0 Å². The Kier molecular flexibility index (Phi) is 5.95. The van der Waals surface area contributed by atoms with E-state index in [1.165, 1.54) is 19.3 Å². The number of nitrogens with one attached hydrogen (secondary N) is 3. The predicted molar refractivity (Wildman–Crippen MR) is 116 cm³/mol. The van der Waals surface area contributed by atoms with Gasteiger partial charge in [0.25, 0.3) is 11.8 Å². The van der Waals surface area contributed by atoms with E-state index in [9.17, 15) is 14.4 Å². The number of amides is 3. The van der Waals surface area contributed by atoms with Gasteiger partial charge in [0.15, 0.2) is 6.10 Å². The van der Waals surface area contributed by atoms with Crippen molar-refractivity contribution in [3.05, 3.63) is 29.3 Å². The van der Waals surface area contributed by atoms with Crippen molar-refractivity contribution < 1.29 is 19.1 Å². The number of carbonyl (C=O) groups excluding carboxylic acids is 3. The van der Waals surface area contributed by atoms with Crippen LogP contribution >= 0.6 is 0 Å². The summed E-state index contributed by atoms with van der Waals surface area (Å²) in [5.41, 5.74) is 6.51. The molecule has 0 saturated heterocycles. The molecule has 0 heterocycles. The van der Waals surface area contributed by atoms with E-state index in [0.29, 0.717) is 23.5 Å². The van der Waals surface area contributed by atoms with Crippen molar-refractivity contribution in [3.63, 3.8) is 0 Å². The van der Waals surface area contributed by atoms with E-state index < -0.39 is 17.9 Å². The van der Waals surface area contributed by atoms with E-state index in [-0.39, 0.29) is 17.9 Å². The number of aryl methyl sites for hydroxylation is 1. The van der Waals surface area contributed by atoms with Crippen molar-refractivity contribution in [2.75, 3.05) is 6.54 Å². The maximum absolute atomic E-state index is 12.9. The molecular weight excluding hydrogens is 394 g/mol. The van der Waals surface area contributed by atoms with Crippen molar-refractivity contribution in [2.24, 2.45) is 23.2 Å². The van der Waals surface area contributed by atoms with Gasteiger partial charge in [0.1, 0.15) is 5.75 Å². The Labute approximate surface area is 183 Å². The van der Waals surface area contributed by atoms with Crippen molar-refractivity contribution in [2.45, 2.75) is 65.4 Å². The van der Waals surface area contributed by atoms with Crippen LogP contribution in [0.5, 0.6) is 5.75 Å². The Morgan fingerprint density at radius 1 is 1.03 bits per heavy atom. The second kappa shape index (κ2) is 8.52. The summed E-state index contributed by atoms with van der Waals surface area (Å²) in [7, 11) is 0. The smallest absolute Gasteiger partial charge is 0.279 e. The molecule has 4 aliphatic carbocycles. The van der Waals surface area contributed by atoms with Crippen LogP contribution < -0.4 is 20.9 Å². The van der Waals surface area contributed by atoms with Crippen LogP contribution in [0.4, 0.5) is 0 Å². The zero-order valence-corrected chi connectivity index (χ0v) is 18.6. The largest absolute Gasteiger partial charge is 0.481 e. The Morgan fingerprint density at radius 2 is 1.65 bits per heavy atom. The third-order valence-electron chi connectivity index (χ3n) is 7.48. The minimum absolute atomic E-state index is 0.000277. The molecule has 3 amide bonds. The molecule has 168 valence electrons. The predicted octanol–water partition coefficient (Wildman–Crippen LogP) is 2.55. The summed E-state index contributed by atoms with van der Waals surface area (Å²) in [6, 6.07) is 5.66. The van der Waals surface area contributed by atoms with Gasteiger partial charge in [-0.2, -0.15) is 0 Å². The minimum Gasteiger partial charge on any atom is -0.481 e. The fourth-order valence-electron chi connectivity index (χ4n) is 6.11. The van der Waals surface area contributed by atoms with Crippen LogP contribution in [0.1, 0.15) is 56.6 Å². The molecule has 1 atom stereocenters. The third-order valence-corrected chi connectivity index (χ3v) is 7.48. The number of rotatable bonds is 6. The number of hydrogen-bond donors (Lipinski definition) is 3. The summed E-state index contributed by atoms with van der Waals surface area (Å²) in [5, 5.41) is 2.81. The number of hydrogen-bond acceptors (Lipinski definition) is 4. The highest BCUT2D eigenvalue weighted by Crippen LogP contribution is 2.60. The van der Waals surface area contributed by atoms with Crippen LogP contribution in [-0.4, -0.2) is 30.4 Å². The lowest BCUT2D eigenvalue weighted by Gasteiger charge is -2.55. The Morgan fingerprint density at radius 3 is 2.26 bits per heavy atom. The topological polar surface area (TPSA) is 96.5 Å². The summed E-state index contributed by atoms with van der Waals surface area (Å²) >= 11 is 0. The van der Waals surface area contributed by atoms with E-state index in [0.717, 1.165) is 30.4 Å². The quantitative estimate of drug-likeness (QED) is 0.608. The van der Waals surface area contributed by atoms with Gasteiger partial charge in [-0.1, -0.05) is 12.1 Å². The minimum atomic E-state index is -0.776. The van der Waals surface area contributed by atoms with Crippen LogP contribution in [0.15, 0.2) is 18.2 Å². The number of benzene rings is 1. The van der Waals surface area contributed by atoms with E-state index in [2.05, 4.69) is 16.2 Å². The first-order valence-electron chi connectivity index (χ1n) is 11.4. The zero-order valence-electron chi connectivity index (χ0n) is 18.6. The van der Waals surface area contributed by atoms with Crippen LogP contribution in [0.3, 0.4) is 0 Å². The fraction of sp³-hybridized carbons (Fsp3) is 0.625. The molecule has 0 aromatic heterocycles. The maximum atomic E-state index is 12.9. The molecule has 5 rings (SSSR count). The molecule has 7 heteroatoms. The molecule has 0 spiro atoms. The van der Waals surface area contributed by atoms with Gasteiger partial charge >= 0.3 is 0 Å². The lowest BCUT2D eigenvalue weighted by molar-refractivity contribution is -0.147. The van der Waals surface area contributed by atoms with Gasteiger partial charge in [0, 0.05) is 5.41 Å². The summed E-state index contributed by atoms with van der Waals surface area (Å²) in [4.78, 5) is 37.4. The van der Waals surface area contributed by atoms with Crippen molar-refractivity contribution in [1.82, 2.24) is 16.2 Å². The maximum Gasteiger partial charge on any atom is 0.279 e. The molecule has 4 bridgehead atoms. The molecule has 4 fully saturated rings. The molecule has 1 aromatic carbocycles. The summed E-state index contributed by atoms with van der Waals surface area (Å²) < 4.78 is 5.72. The Bertz CT molecular complexity index is 846. The van der Waals surface area contributed by atoms with Crippen LogP contribution in [-0.2, 0) is 14.4 Å². The summed E-state index contributed by atoms with van der Waals surface area (Å²) in [6.07, 6.45) is 5.88. The molecule has 1 unspecified atom stereocenters. The summed E-state index contributed by atoms with van der Waals surface area (Å²) in [5.74, 6) is 1.74. The third kappa shape index (κ3) is 4.55.